The first-order chi connectivity index (χ1) is 12.0. The fraction of sp³-hybridized carbons (Fsp3) is 0.333. The van der Waals surface area contributed by atoms with Crippen LogP contribution >= 0.6 is 23.1 Å². The van der Waals surface area contributed by atoms with E-state index in [0.717, 1.165) is 17.0 Å². The van der Waals surface area contributed by atoms with Gasteiger partial charge in [0.1, 0.15) is 0 Å². The highest BCUT2D eigenvalue weighted by atomic mass is 32.2. The highest BCUT2D eigenvalue weighted by molar-refractivity contribution is 7.99. The standard InChI is InChI=1S/C18H22N2O3S2/c1-20(2)15-7-5-14(6-8-15)10-19-17(21)11-23-18(22)13-24-12-16-4-3-9-25-16/h3-9H,10-13H2,1-2H3,(H,19,21). The summed E-state index contributed by atoms with van der Waals surface area (Å²) in [5, 5.41) is 4.75. The first kappa shape index (κ1) is 19.3. The minimum atomic E-state index is -0.368. The molecular formula is C18H22N2O3S2. The molecule has 0 aliphatic heterocycles. The summed E-state index contributed by atoms with van der Waals surface area (Å²) in [7, 11) is 3.95. The van der Waals surface area contributed by atoms with Crippen LogP contribution in [-0.2, 0) is 26.6 Å². The van der Waals surface area contributed by atoms with Crippen molar-refractivity contribution in [2.45, 2.75) is 12.3 Å². The van der Waals surface area contributed by atoms with E-state index < -0.39 is 0 Å². The molecule has 1 N–H and O–H groups in total. The average molecular weight is 379 g/mol. The molecule has 0 spiro atoms. The van der Waals surface area contributed by atoms with Gasteiger partial charge >= 0.3 is 5.97 Å². The quantitative estimate of drug-likeness (QED) is 0.680. The summed E-state index contributed by atoms with van der Waals surface area (Å²) < 4.78 is 4.99. The zero-order valence-electron chi connectivity index (χ0n) is 14.4. The normalized spacial score (nSPS) is 10.3. The topological polar surface area (TPSA) is 58.6 Å². The van der Waals surface area contributed by atoms with E-state index >= 15 is 0 Å². The first-order valence-corrected chi connectivity index (χ1v) is 9.87. The van der Waals surface area contributed by atoms with Crippen LogP contribution in [0.25, 0.3) is 0 Å². The number of nitrogens with one attached hydrogen (secondary N) is 1. The van der Waals surface area contributed by atoms with Gasteiger partial charge < -0.3 is 15.0 Å². The molecule has 2 rings (SSSR count). The average Bonchev–Trinajstić information content (AvgIpc) is 3.12. The minimum Gasteiger partial charge on any atom is -0.455 e. The van der Waals surface area contributed by atoms with Crippen LogP contribution in [0.5, 0.6) is 0 Å². The van der Waals surface area contributed by atoms with Gasteiger partial charge in [-0.3, -0.25) is 9.59 Å². The second-order valence-corrected chi connectivity index (χ2v) is 7.59. The molecule has 7 heteroatoms. The lowest BCUT2D eigenvalue weighted by molar-refractivity contribution is -0.145. The Morgan fingerprint density at radius 1 is 1.20 bits per heavy atom. The van der Waals surface area contributed by atoms with E-state index in [1.165, 1.54) is 16.6 Å². The van der Waals surface area contributed by atoms with Crippen molar-refractivity contribution in [3.05, 3.63) is 52.2 Å². The number of benzene rings is 1. The van der Waals surface area contributed by atoms with E-state index in [0.29, 0.717) is 6.54 Å². The van der Waals surface area contributed by atoms with Crippen LogP contribution in [0.3, 0.4) is 0 Å². The molecule has 0 unspecified atom stereocenters. The predicted octanol–water partition coefficient (Wildman–Crippen LogP) is 2.91. The molecule has 0 saturated heterocycles. The molecule has 0 aliphatic rings. The Labute approximate surface area is 156 Å². The summed E-state index contributed by atoms with van der Waals surface area (Å²) in [6, 6.07) is 11.9. The molecule has 2 aromatic rings. The lowest BCUT2D eigenvalue weighted by atomic mass is 10.2. The number of carbonyl (C=O) groups excluding carboxylic acids is 2. The summed E-state index contributed by atoms with van der Waals surface area (Å²) in [5.74, 6) is 0.361. The highest BCUT2D eigenvalue weighted by Gasteiger charge is 2.08. The largest absolute Gasteiger partial charge is 0.455 e. The molecule has 1 aromatic carbocycles. The van der Waals surface area contributed by atoms with Crippen LogP contribution in [0.15, 0.2) is 41.8 Å². The van der Waals surface area contributed by atoms with Crippen molar-refractivity contribution in [1.82, 2.24) is 5.32 Å². The zero-order chi connectivity index (χ0) is 18.1. The van der Waals surface area contributed by atoms with Gasteiger partial charge in [-0.05, 0) is 29.1 Å². The van der Waals surface area contributed by atoms with E-state index in [-0.39, 0.29) is 24.2 Å². The molecule has 0 atom stereocenters. The SMILES string of the molecule is CN(C)c1ccc(CNC(=O)COC(=O)CSCc2cccs2)cc1. The Morgan fingerprint density at radius 2 is 1.96 bits per heavy atom. The molecule has 25 heavy (non-hydrogen) atoms. The van der Waals surface area contributed by atoms with Gasteiger partial charge in [0.2, 0.25) is 0 Å². The molecule has 0 radical (unpaired) electrons. The number of hydrogen-bond donors (Lipinski definition) is 1. The summed E-state index contributed by atoms with van der Waals surface area (Å²) in [6.07, 6.45) is 0. The summed E-state index contributed by atoms with van der Waals surface area (Å²) in [4.78, 5) is 26.6. The van der Waals surface area contributed by atoms with Crippen molar-refractivity contribution < 1.29 is 14.3 Å². The summed E-state index contributed by atoms with van der Waals surface area (Å²) in [6.45, 7) is 0.172. The molecule has 0 aliphatic carbocycles. The number of anilines is 1. The van der Waals surface area contributed by atoms with Crippen molar-refractivity contribution >= 4 is 40.7 Å². The molecule has 0 fully saturated rings. The molecule has 1 aromatic heterocycles. The Morgan fingerprint density at radius 3 is 2.60 bits per heavy atom. The maximum Gasteiger partial charge on any atom is 0.316 e. The van der Waals surface area contributed by atoms with Crippen LogP contribution < -0.4 is 10.2 Å². The molecule has 0 bridgehead atoms. The van der Waals surface area contributed by atoms with Crippen molar-refractivity contribution in [3.63, 3.8) is 0 Å². The number of ether oxygens (including phenoxy) is 1. The number of rotatable bonds is 9. The number of hydrogen-bond acceptors (Lipinski definition) is 6. The van der Waals surface area contributed by atoms with Gasteiger partial charge in [-0.15, -0.1) is 23.1 Å². The molecule has 134 valence electrons. The number of thioether (sulfide) groups is 1. The number of thiophene rings is 1. The van der Waals surface area contributed by atoms with E-state index in [4.69, 9.17) is 4.74 Å². The monoisotopic (exact) mass is 378 g/mol. The fourth-order valence-corrected chi connectivity index (χ4v) is 3.64. The lowest BCUT2D eigenvalue weighted by Gasteiger charge is -2.13. The number of amides is 1. The Kier molecular flexibility index (Phi) is 7.81. The third-order valence-corrected chi connectivity index (χ3v) is 5.37. The van der Waals surface area contributed by atoms with Crippen molar-refractivity contribution in [3.8, 4) is 0 Å². The summed E-state index contributed by atoms with van der Waals surface area (Å²) >= 11 is 3.14. The highest BCUT2D eigenvalue weighted by Crippen LogP contribution is 2.17. The van der Waals surface area contributed by atoms with Crippen LogP contribution in [0.2, 0.25) is 0 Å². The molecule has 5 nitrogen and oxygen atoms in total. The van der Waals surface area contributed by atoms with Crippen LogP contribution in [0.1, 0.15) is 10.4 Å². The second-order valence-electron chi connectivity index (χ2n) is 5.57. The van der Waals surface area contributed by atoms with Gasteiger partial charge in [0, 0.05) is 37.0 Å². The van der Waals surface area contributed by atoms with Gasteiger partial charge in [-0.2, -0.15) is 0 Å². The van der Waals surface area contributed by atoms with Crippen molar-refractivity contribution in [1.29, 1.82) is 0 Å². The number of carbonyl (C=O) groups is 2. The smallest absolute Gasteiger partial charge is 0.316 e. The van der Waals surface area contributed by atoms with Gasteiger partial charge in [0.15, 0.2) is 6.61 Å². The Bertz CT molecular complexity index is 670. The molecule has 1 heterocycles. The van der Waals surface area contributed by atoms with Crippen molar-refractivity contribution in [2.24, 2.45) is 0 Å². The molecule has 0 saturated carbocycles. The van der Waals surface area contributed by atoms with E-state index in [2.05, 4.69) is 5.32 Å². The van der Waals surface area contributed by atoms with Crippen LogP contribution in [-0.4, -0.2) is 38.3 Å². The van der Waals surface area contributed by atoms with Gasteiger partial charge in [0.05, 0.1) is 5.75 Å². The van der Waals surface area contributed by atoms with Gasteiger partial charge in [-0.1, -0.05) is 18.2 Å². The van der Waals surface area contributed by atoms with Crippen LogP contribution in [0.4, 0.5) is 5.69 Å². The predicted molar refractivity (Wildman–Crippen MR) is 104 cm³/mol. The fourth-order valence-electron chi connectivity index (χ4n) is 1.98. The Hall–Kier alpha value is -1.99. The second kappa shape index (κ2) is 10.1. The van der Waals surface area contributed by atoms with E-state index in [1.807, 2.05) is 60.8 Å². The maximum absolute atomic E-state index is 11.8. The van der Waals surface area contributed by atoms with E-state index in [9.17, 15) is 9.59 Å². The van der Waals surface area contributed by atoms with Gasteiger partial charge in [0.25, 0.3) is 5.91 Å². The number of nitrogens with zero attached hydrogens (tertiary/aromatic N) is 1. The number of esters is 1. The molecule has 1 amide bonds. The van der Waals surface area contributed by atoms with Crippen molar-refractivity contribution in [2.75, 3.05) is 31.4 Å². The van der Waals surface area contributed by atoms with E-state index in [1.54, 1.807) is 11.3 Å². The lowest BCUT2D eigenvalue weighted by Crippen LogP contribution is -2.28. The third-order valence-electron chi connectivity index (χ3n) is 3.35. The maximum atomic E-state index is 11.8. The first-order valence-electron chi connectivity index (χ1n) is 7.83. The third kappa shape index (κ3) is 7.19. The van der Waals surface area contributed by atoms with Crippen LogP contribution in [0, 0.1) is 0 Å². The van der Waals surface area contributed by atoms with Gasteiger partial charge in [-0.25, -0.2) is 0 Å². The minimum absolute atomic E-state index is 0.242. The Balaban J connectivity index is 1.60. The zero-order valence-corrected chi connectivity index (χ0v) is 16.0. The molecular weight excluding hydrogens is 356 g/mol. The summed E-state index contributed by atoms with van der Waals surface area (Å²) in [5.41, 5.74) is 2.10.